The summed E-state index contributed by atoms with van der Waals surface area (Å²) in [6.07, 6.45) is 0. The first-order valence-corrected chi connectivity index (χ1v) is 6.52. The van der Waals surface area contributed by atoms with Gasteiger partial charge in [-0.15, -0.1) is 0 Å². The van der Waals surface area contributed by atoms with Crippen LogP contribution in [0.1, 0.15) is 0 Å². The molecule has 0 heterocycles. The molecular formula is C12H14Cl2N2O4. The minimum absolute atomic E-state index is 0.0933. The predicted molar refractivity (Wildman–Crippen MR) is 76.0 cm³/mol. The fourth-order valence-corrected chi connectivity index (χ4v) is 1.82. The van der Waals surface area contributed by atoms with Crippen LogP contribution in [0.25, 0.3) is 0 Å². The lowest BCUT2D eigenvalue weighted by atomic mass is 10.3. The number of benzene rings is 1. The lowest BCUT2D eigenvalue weighted by molar-refractivity contribution is -0.136. The molecule has 20 heavy (non-hydrogen) atoms. The summed E-state index contributed by atoms with van der Waals surface area (Å²) in [6.45, 7) is 0.470. The number of anilines is 1. The van der Waals surface area contributed by atoms with Crippen LogP contribution in [0.3, 0.4) is 0 Å². The standard InChI is InChI=1S/C12H14Cl2N2O4/c13-8-5-9(14)7-10(6-8)16-12(19)11(18)15-1-3-20-4-2-17/h5-7,17H,1-4H2,(H,15,18)(H,16,19). The second-order valence-corrected chi connectivity index (χ2v) is 4.58. The van der Waals surface area contributed by atoms with Crippen LogP contribution >= 0.6 is 23.2 Å². The molecule has 0 spiro atoms. The van der Waals surface area contributed by atoms with Crippen LogP contribution in [-0.2, 0) is 14.3 Å². The molecule has 0 atom stereocenters. The number of hydrogen-bond donors (Lipinski definition) is 3. The van der Waals surface area contributed by atoms with Crippen LogP contribution in [-0.4, -0.2) is 43.3 Å². The van der Waals surface area contributed by atoms with Crippen molar-refractivity contribution in [3.05, 3.63) is 28.2 Å². The number of nitrogens with one attached hydrogen (secondary N) is 2. The number of carbonyl (C=O) groups excluding carboxylic acids is 2. The molecule has 1 aromatic carbocycles. The molecule has 2 amide bonds. The van der Waals surface area contributed by atoms with E-state index in [1.54, 1.807) is 0 Å². The van der Waals surface area contributed by atoms with E-state index in [0.29, 0.717) is 15.7 Å². The van der Waals surface area contributed by atoms with Crippen molar-refractivity contribution < 1.29 is 19.4 Å². The van der Waals surface area contributed by atoms with Crippen molar-refractivity contribution >= 4 is 40.7 Å². The summed E-state index contributed by atoms with van der Waals surface area (Å²) < 4.78 is 4.93. The predicted octanol–water partition coefficient (Wildman–Crippen LogP) is 1.06. The highest BCUT2D eigenvalue weighted by atomic mass is 35.5. The lowest BCUT2D eigenvalue weighted by Gasteiger charge is -2.07. The summed E-state index contributed by atoms with van der Waals surface area (Å²) in [6, 6.07) is 4.46. The van der Waals surface area contributed by atoms with Gasteiger partial charge in [0.25, 0.3) is 0 Å². The zero-order chi connectivity index (χ0) is 15.0. The molecule has 0 fully saturated rings. The van der Waals surface area contributed by atoms with E-state index in [2.05, 4.69) is 10.6 Å². The number of carbonyl (C=O) groups is 2. The monoisotopic (exact) mass is 320 g/mol. The quantitative estimate of drug-likeness (QED) is 0.540. The van der Waals surface area contributed by atoms with Crippen molar-refractivity contribution in [2.75, 3.05) is 31.7 Å². The molecule has 0 aliphatic carbocycles. The average Bonchev–Trinajstić information content (AvgIpc) is 2.36. The smallest absolute Gasteiger partial charge is 0.313 e. The molecule has 0 unspecified atom stereocenters. The van der Waals surface area contributed by atoms with Gasteiger partial charge in [0.2, 0.25) is 0 Å². The second-order valence-electron chi connectivity index (χ2n) is 3.70. The minimum Gasteiger partial charge on any atom is -0.394 e. The number of aliphatic hydroxyl groups is 1. The summed E-state index contributed by atoms with van der Waals surface area (Å²) in [5.41, 5.74) is 0.333. The van der Waals surface area contributed by atoms with E-state index >= 15 is 0 Å². The highest BCUT2D eigenvalue weighted by Gasteiger charge is 2.13. The summed E-state index contributed by atoms with van der Waals surface area (Å²) in [7, 11) is 0. The SMILES string of the molecule is O=C(NCCOCCO)C(=O)Nc1cc(Cl)cc(Cl)c1. The van der Waals surface area contributed by atoms with Gasteiger partial charge in [0.1, 0.15) is 0 Å². The molecular weight excluding hydrogens is 307 g/mol. The van der Waals surface area contributed by atoms with Gasteiger partial charge in [0.05, 0.1) is 19.8 Å². The molecule has 0 radical (unpaired) electrons. The zero-order valence-corrected chi connectivity index (χ0v) is 12.0. The number of hydrogen-bond acceptors (Lipinski definition) is 4. The molecule has 0 aliphatic heterocycles. The molecule has 8 heteroatoms. The van der Waals surface area contributed by atoms with E-state index < -0.39 is 11.8 Å². The second kappa shape index (κ2) is 8.76. The molecule has 0 saturated carbocycles. The average molecular weight is 321 g/mol. The van der Waals surface area contributed by atoms with E-state index in [1.807, 2.05) is 0 Å². The van der Waals surface area contributed by atoms with E-state index in [1.165, 1.54) is 18.2 Å². The van der Waals surface area contributed by atoms with Crippen molar-refractivity contribution in [2.24, 2.45) is 0 Å². The number of rotatable bonds is 6. The van der Waals surface area contributed by atoms with Crippen LogP contribution in [0.2, 0.25) is 10.0 Å². The van der Waals surface area contributed by atoms with Crippen LogP contribution < -0.4 is 10.6 Å². The van der Waals surface area contributed by atoms with Gasteiger partial charge in [0, 0.05) is 22.3 Å². The number of aliphatic hydroxyl groups excluding tert-OH is 1. The first-order chi connectivity index (χ1) is 9.52. The molecule has 0 aromatic heterocycles. The fraction of sp³-hybridized carbons (Fsp3) is 0.333. The molecule has 6 nitrogen and oxygen atoms in total. The third-order valence-corrected chi connectivity index (χ3v) is 2.53. The van der Waals surface area contributed by atoms with E-state index in [-0.39, 0.29) is 26.4 Å². The maximum atomic E-state index is 11.6. The van der Waals surface area contributed by atoms with Crippen molar-refractivity contribution in [2.45, 2.75) is 0 Å². The van der Waals surface area contributed by atoms with Gasteiger partial charge >= 0.3 is 11.8 Å². The number of ether oxygens (including phenoxy) is 1. The Morgan fingerprint density at radius 2 is 1.75 bits per heavy atom. The van der Waals surface area contributed by atoms with Crippen molar-refractivity contribution in [3.63, 3.8) is 0 Å². The Morgan fingerprint density at radius 1 is 1.10 bits per heavy atom. The Balaban J connectivity index is 2.39. The molecule has 0 saturated heterocycles. The van der Waals surface area contributed by atoms with Gasteiger partial charge in [0.15, 0.2) is 0 Å². The number of halogens is 2. The fourth-order valence-electron chi connectivity index (χ4n) is 1.30. The van der Waals surface area contributed by atoms with Crippen LogP contribution in [0.15, 0.2) is 18.2 Å². The normalized spacial score (nSPS) is 10.2. The molecule has 1 aromatic rings. The van der Waals surface area contributed by atoms with Crippen molar-refractivity contribution in [1.82, 2.24) is 5.32 Å². The molecule has 1 rings (SSSR count). The first-order valence-electron chi connectivity index (χ1n) is 5.77. The maximum absolute atomic E-state index is 11.6. The molecule has 0 bridgehead atoms. The summed E-state index contributed by atoms with van der Waals surface area (Å²) in [5, 5.41) is 13.9. The zero-order valence-electron chi connectivity index (χ0n) is 10.5. The lowest BCUT2D eigenvalue weighted by Crippen LogP contribution is -2.37. The molecule has 110 valence electrons. The molecule has 0 aliphatic rings. The Bertz CT molecular complexity index is 462. The molecule has 3 N–H and O–H groups in total. The van der Waals surface area contributed by atoms with Crippen molar-refractivity contribution in [1.29, 1.82) is 0 Å². The van der Waals surface area contributed by atoms with Crippen molar-refractivity contribution in [3.8, 4) is 0 Å². The number of amides is 2. The van der Waals surface area contributed by atoms with Crippen LogP contribution in [0.5, 0.6) is 0 Å². The Labute approximate surface area is 126 Å². The van der Waals surface area contributed by atoms with Gasteiger partial charge in [-0.2, -0.15) is 0 Å². The highest BCUT2D eigenvalue weighted by molar-refractivity contribution is 6.40. The Hall–Kier alpha value is -1.34. The topological polar surface area (TPSA) is 87.7 Å². The van der Waals surface area contributed by atoms with Gasteiger partial charge in [-0.05, 0) is 18.2 Å². The van der Waals surface area contributed by atoms with E-state index in [9.17, 15) is 9.59 Å². The van der Waals surface area contributed by atoms with Gasteiger partial charge in [-0.25, -0.2) is 0 Å². The van der Waals surface area contributed by atoms with Crippen LogP contribution in [0.4, 0.5) is 5.69 Å². The largest absolute Gasteiger partial charge is 0.394 e. The third-order valence-electron chi connectivity index (χ3n) is 2.09. The summed E-state index contributed by atoms with van der Waals surface area (Å²) >= 11 is 11.5. The van der Waals surface area contributed by atoms with E-state index in [4.69, 9.17) is 33.0 Å². The Kier molecular flexibility index (Phi) is 7.32. The maximum Gasteiger partial charge on any atom is 0.313 e. The van der Waals surface area contributed by atoms with Gasteiger partial charge < -0.3 is 20.5 Å². The minimum atomic E-state index is -0.828. The third kappa shape index (κ3) is 6.21. The van der Waals surface area contributed by atoms with Gasteiger partial charge in [-0.3, -0.25) is 9.59 Å². The van der Waals surface area contributed by atoms with Gasteiger partial charge in [-0.1, -0.05) is 23.2 Å². The van der Waals surface area contributed by atoms with Crippen LogP contribution in [0, 0.1) is 0 Å². The highest BCUT2D eigenvalue weighted by Crippen LogP contribution is 2.22. The summed E-state index contributed by atoms with van der Waals surface area (Å²) in [5.74, 6) is -1.63. The first kappa shape index (κ1) is 16.7. The van der Waals surface area contributed by atoms with E-state index in [0.717, 1.165) is 0 Å². The Morgan fingerprint density at radius 3 is 2.35 bits per heavy atom. The summed E-state index contributed by atoms with van der Waals surface area (Å²) in [4.78, 5) is 23.0.